The van der Waals surface area contributed by atoms with Crippen LogP contribution in [0, 0.1) is 0 Å². The van der Waals surface area contributed by atoms with Gasteiger partial charge < -0.3 is 5.32 Å². The van der Waals surface area contributed by atoms with Crippen molar-refractivity contribution in [2.75, 3.05) is 0 Å². The van der Waals surface area contributed by atoms with Gasteiger partial charge in [-0.05, 0) is 44.1 Å². The van der Waals surface area contributed by atoms with Gasteiger partial charge in [-0.3, -0.25) is 9.59 Å². The first-order chi connectivity index (χ1) is 10.7. The van der Waals surface area contributed by atoms with E-state index in [2.05, 4.69) is 10.4 Å². The van der Waals surface area contributed by atoms with Gasteiger partial charge in [-0.25, -0.2) is 4.68 Å². The van der Waals surface area contributed by atoms with Crippen molar-refractivity contribution < 1.29 is 4.79 Å². The van der Waals surface area contributed by atoms with Crippen molar-refractivity contribution in [1.29, 1.82) is 0 Å². The maximum Gasteiger partial charge on any atom is 0.267 e. The van der Waals surface area contributed by atoms with Crippen LogP contribution in [0.15, 0.2) is 10.9 Å². The number of hydrogen-bond donors (Lipinski definition) is 1. The van der Waals surface area contributed by atoms with Crippen molar-refractivity contribution in [3.63, 3.8) is 0 Å². The van der Waals surface area contributed by atoms with Gasteiger partial charge in [-0.15, -0.1) is 0 Å². The molecule has 0 spiro atoms. The van der Waals surface area contributed by atoms with Crippen molar-refractivity contribution in [2.45, 2.75) is 76.8 Å². The molecule has 22 heavy (non-hydrogen) atoms. The van der Waals surface area contributed by atoms with Crippen LogP contribution in [0.3, 0.4) is 0 Å². The maximum atomic E-state index is 12.2. The molecular formula is C17H25N3O2. The van der Waals surface area contributed by atoms with Gasteiger partial charge in [0.15, 0.2) is 0 Å². The lowest BCUT2D eigenvalue weighted by atomic mass is 9.95. The van der Waals surface area contributed by atoms with Crippen LogP contribution in [0.5, 0.6) is 0 Å². The summed E-state index contributed by atoms with van der Waals surface area (Å²) in [5.74, 6) is -0.0879. The van der Waals surface area contributed by atoms with Gasteiger partial charge in [0.25, 0.3) is 5.56 Å². The van der Waals surface area contributed by atoms with E-state index in [1.54, 1.807) is 6.07 Å². The van der Waals surface area contributed by atoms with Crippen LogP contribution in [0.2, 0.25) is 0 Å². The van der Waals surface area contributed by atoms with E-state index in [0.29, 0.717) is 0 Å². The minimum atomic E-state index is -0.153. The lowest BCUT2D eigenvalue weighted by Crippen LogP contribution is -2.40. The number of carbonyl (C=O) groups excluding carboxylic acids is 1. The van der Waals surface area contributed by atoms with Gasteiger partial charge in [-0.1, -0.05) is 25.7 Å². The number of amides is 1. The van der Waals surface area contributed by atoms with Crippen LogP contribution >= 0.6 is 0 Å². The Kier molecular flexibility index (Phi) is 4.90. The predicted molar refractivity (Wildman–Crippen MR) is 84.8 cm³/mol. The summed E-state index contributed by atoms with van der Waals surface area (Å²) < 4.78 is 1.34. The Hall–Kier alpha value is -1.65. The molecule has 1 saturated carbocycles. The summed E-state index contributed by atoms with van der Waals surface area (Å²) in [6.45, 7) is 0.0443. The summed E-state index contributed by atoms with van der Waals surface area (Å²) in [6, 6.07) is 1.96. The molecule has 0 aromatic carbocycles. The summed E-state index contributed by atoms with van der Waals surface area (Å²) in [6.07, 6.45) is 11.0. The molecule has 5 heteroatoms. The SMILES string of the molecule is O=C(Cn1nc2c(cc1=O)CCCCC2)NC1CCCCC1. The molecule has 0 radical (unpaired) electrons. The molecule has 3 rings (SSSR count). The van der Waals surface area contributed by atoms with Crippen LogP contribution in [-0.4, -0.2) is 21.7 Å². The second-order valence-corrected chi connectivity index (χ2v) is 6.58. The molecular weight excluding hydrogens is 278 g/mol. The number of aromatic nitrogens is 2. The third-order valence-electron chi connectivity index (χ3n) is 4.79. The number of carbonyl (C=O) groups is 1. The van der Waals surface area contributed by atoms with Gasteiger partial charge in [0, 0.05) is 12.1 Å². The topological polar surface area (TPSA) is 64.0 Å². The highest BCUT2D eigenvalue weighted by Crippen LogP contribution is 2.18. The van der Waals surface area contributed by atoms with Crippen LogP contribution < -0.4 is 10.9 Å². The average Bonchev–Trinajstić information content (AvgIpc) is 2.73. The Morgan fingerprint density at radius 3 is 2.68 bits per heavy atom. The van der Waals surface area contributed by atoms with Crippen molar-refractivity contribution in [1.82, 2.24) is 15.1 Å². The summed E-state index contributed by atoms with van der Waals surface area (Å²) in [5, 5.41) is 7.50. The molecule has 120 valence electrons. The van der Waals surface area contributed by atoms with Crippen molar-refractivity contribution in [3.05, 3.63) is 27.7 Å². The minimum absolute atomic E-state index is 0.0443. The smallest absolute Gasteiger partial charge is 0.267 e. The van der Waals surface area contributed by atoms with Gasteiger partial charge in [0.2, 0.25) is 5.91 Å². The van der Waals surface area contributed by atoms with Crippen molar-refractivity contribution in [2.24, 2.45) is 0 Å². The lowest BCUT2D eigenvalue weighted by molar-refractivity contribution is -0.122. The largest absolute Gasteiger partial charge is 0.352 e. The van der Waals surface area contributed by atoms with Crippen molar-refractivity contribution >= 4 is 5.91 Å². The zero-order valence-corrected chi connectivity index (χ0v) is 13.1. The van der Waals surface area contributed by atoms with E-state index in [9.17, 15) is 9.59 Å². The molecule has 1 amide bonds. The van der Waals surface area contributed by atoms with E-state index in [1.807, 2.05) is 0 Å². The second kappa shape index (κ2) is 7.07. The highest BCUT2D eigenvalue weighted by atomic mass is 16.2. The molecule has 5 nitrogen and oxygen atoms in total. The van der Waals surface area contributed by atoms with Crippen LogP contribution in [0.1, 0.15) is 62.6 Å². The third kappa shape index (κ3) is 3.76. The number of nitrogens with zero attached hydrogens (tertiary/aromatic N) is 2. The lowest BCUT2D eigenvalue weighted by Gasteiger charge is -2.22. The molecule has 0 bridgehead atoms. The number of rotatable bonds is 3. The van der Waals surface area contributed by atoms with Gasteiger partial charge >= 0.3 is 0 Å². The Bertz CT molecular complexity index is 588. The quantitative estimate of drug-likeness (QED) is 0.868. The molecule has 1 N–H and O–H groups in total. The van der Waals surface area contributed by atoms with Crippen LogP contribution in [0.4, 0.5) is 0 Å². The minimum Gasteiger partial charge on any atom is -0.352 e. The highest BCUT2D eigenvalue weighted by molar-refractivity contribution is 5.75. The molecule has 0 unspecified atom stereocenters. The molecule has 2 aliphatic carbocycles. The normalized spacial score (nSPS) is 19.3. The van der Waals surface area contributed by atoms with Crippen molar-refractivity contribution in [3.8, 4) is 0 Å². The standard InChI is InChI=1S/C17H25N3O2/c21-16(18-14-8-4-2-5-9-14)12-20-17(22)11-13-7-3-1-6-10-15(13)19-20/h11,14H,1-10,12H2,(H,18,21). The monoisotopic (exact) mass is 303 g/mol. The fourth-order valence-corrected chi connectivity index (χ4v) is 3.55. The second-order valence-electron chi connectivity index (χ2n) is 6.58. The zero-order valence-electron chi connectivity index (χ0n) is 13.1. The predicted octanol–water partition coefficient (Wildman–Crippen LogP) is 1.96. The maximum absolute atomic E-state index is 12.2. The first-order valence-corrected chi connectivity index (χ1v) is 8.61. The number of fused-ring (bicyclic) bond motifs is 1. The Morgan fingerprint density at radius 2 is 1.86 bits per heavy atom. The molecule has 1 heterocycles. The van der Waals surface area contributed by atoms with E-state index < -0.39 is 0 Å². The van der Waals surface area contributed by atoms with E-state index >= 15 is 0 Å². The van der Waals surface area contributed by atoms with Gasteiger partial charge in [-0.2, -0.15) is 5.10 Å². The fraction of sp³-hybridized carbons (Fsp3) is 0.706. The van der Waals surface area contributed by atoms with E-state index in [1.165, 1.54) is 30.4 Å². The molecule has 1 aromatic rings. The van der Waals surface area contributed by atoms with E-state index in [4.69, 9.17) is 0 Å². The van der Waals surface area contributed by atoms with E-state index in [-0.39, 0.29) is 24.1 Å². The number of aryl methyl sites for hydroxylation is 2. The first-order valence-electron chi connectivity index (χ1n) is 8.61. The fourth-order valence-electron chi connectivity index (χ4n) is 3.55. The average molecular weight is 303 g/mol. The highest BCUT2D eigenvalue weighted by Gasteiger charge is 2.17. The summed E-state index contributed by atoms with van der Waals surface area (Å²) in [5.41, 5.74) is 1.92. The Balaban J connectivity index is 1.67. The van der Waals surface area contributed by atoms with Crippen LogP contribution in [0.25, 0.3) is 0 Å². The zero-order chi connectivity index (χ0) is 15.4. The third-order valence-corrected chi connectivity index (χ3v) is 4.79. The summed E-state index contributed by atoms with van der Waals surface area (Å²) in [4.78, 5) is 24.3. The first kappa shape index (κ1) is 15.3. The molecule has 0 aliphatic heterocycles. The summed E-state index contributed by atoms with van der Waals surface area (Å²) >= 11 is 0. The Morgan fingerprint density at radius 1 is 1.14 bits per heavy atom. The number of nitrogens with one attached hydrogen (secondary N) is 1. The molecule has 1 fully saturated rings. The van der Waals surface area contributed by atoms with E-state index in [0.717, 1.165) is 49.8 Å². The summed E-state index contributed by atoms with van der Waals surface area (Å²) in [7, 11) is 0. The van der Waals surface area contributed by atoms with Gasteiger partial charge in [0.1, 0.15) is 6.54 Å². The number of hydrogen-bond acceptors (Lipinski definition) is 3. The van der Waals surface area contributed by atoms with Gasteiger partial charge in [0.05, 0.1) is 5.69 Å². The molecule has 2 aliphatic rings. The molecule has 0 atom stereocenters. The molecule has 0 saturated heterocycles. The molecule has 1 aromatic heterocycles. The van der Waals surface area contributed by atoms with Crippen LogP contribution in [-0.2, 0) is 24.2 Å². The Labute approximate surface area is 131 Å².